The molecule has 0 aliphatic carbocycles. The summed E-state index contributed by atoms with van der Waals surface area (Å²) < 4.78 is 12.6. The van der Waals surface area contributed by atoms with Crippen LogP contribution in [0.1, 0.15) is 18.9 Å². The minimum Gasteiger partial charge on any atom is -0.456 e. The molecule has 0 unspecified atom stereocenters. The molecular formula is C34H26O2. The highest BCUT2D eigenvalue weighted by molar-refractivity contribution is 6.22. The van der Waals surface area contributed by atoms with Gasteiger partial charge in [0.05, 0.1) is 5.39 Å². The molecule has 6 rings (SSSR count). The third kappa shape index (κ3) is 3.50. The molecule has 2 heterocycles. The lowest BCUT2D eigenvalue weighted by Gasteiger charge is -2.12. The summed E-state index contributed by atoms with van der Waals surface area (Å²) in [5.41, 5.74) is 6.94. The Morgan fingerprint density at radius 3 is 2.39 bits per heavy atom. The Bertz CT molecular complexity index is 1960. The van der Waals surface area contributed by atoms with Gasteiger partial charge in [-0.3, -0.25) is 0 Å². The van der Waals surface area contributed by atoms with Crippen molar-refractivity contribution in [1.29, 1.82) is 0 Å². The van der Waals surface area contributed by atoms with Gasteiger partial charge in [-0.1, -0.05) is 92.9 Å². The van der Waals surface area contributed by atoms with Crippen LogP contribution in [-0.4, -0.2) is 0 Å². The second kappa shape index (κ2) is 8.90. The van der Waals surface area contributed by atoms with E-state index in [-0.39, 0.29) is 0 Å². The van der Waals surface area contributed by atoms with Crippen LogP contribution in [0, 0.1) is 0 Å². The van der Waals surface area contributed by atoms with Crippen LogP contribution in [-0.2, 0) is 0 Å². The van der Waals surface area contributed by atoms with Crippen molar-refractivity contribution >= 4 is 56.0 Å². The Morgan fingerprint density at radius 2 is 1.56 bits per heavy atom. The Hall–Kier alpha value is -4.56. The molecule has 0 fully saturated rings. The first-order valence-electron chi connectivity index (χ1n) is 12.2. The van der Waals surface area contributed by atoms with Gasteiger partial charge in [0.1, 0.15) is 22.3 Å². The number of rotatable bonds is 5. The maximum Gasteiger partial charge on any atom is 0.147 e. The molecule has 4 aromatic carbocycles. The number of para-hydroxylation sites is 1. The van der Waals surface area contributed by atoms with Crippen molar-refractivity contribution in [3.8, 4) is 0 Å². The van der Waals surface area contributed by atoms with Gasteiger partial charge in [0.2, 0.25) is 0 Å². The van der Waals surface area contributed by atoms with Crippen molar-refractivity contribution in [2.75, 3.05) is 0 Å². The molecule has 2 nitrogen and oxygen atoms in total. The summed E-state index contributed by atoms with van der Waals surface area (Å²) in [4.78, 5) is 0. The molecular weight excluding hydrogens is 440 g/mol. The fraction of sp³-hybridized carbons (Fsp3) is 0.0588. The average Bonchev–Trinajstić information content (AvgIpc) is 3.46. The van der Waals surface area contributed by atoms with E-state index in [1.165, 1.54) is 11.1 Å². The molecule has 174 valence electrons. The smallest absolute Gasteiger partial charge is 0.147 e. The summed E-state index contributed by atoms with van der Waals surface area (Å²) in [5, 5.41) is 6.39. The minimum atomic E-state index is 0.827. The molecule has 6 aromatic rings. The lowest BCUT2D eigenvalue weighted by atomic mass is 9.91. The number of hydrogen-bond acceptors (Lipinski definition) is 2. The summed E-state index contributed by atoms with van der Waals surface area (Å²) in [6.07, 6.45) is 8.83. The van der Waals surface area contributed by atoms with Crippen LogP contribution in [0.15, 0.2) is 124 Å². The van der Waals surface area contributed by atoms with Crippen LogP contribution >= 0.6 is 0 Å². The minimum absolute atomic E-state index is 0.827. The molecule has 0 bridgehead atoms. The average molecular weight is 467 g/mol. The van der Waals surface area contributed by atoms with Gasteiger partial charge in [-0.05, 0) is 63.9 Å². The van der Waals surface area contributed by atoms with Gasteiger partial charge >= 0.3 is 0 Å². The van der Waals surface area contributed by atoms with E-state index in [1.807, 2.05) is 42.5 Å². The van der Waals surface area contributed by atoms with Crippen LogP contribution in [0.2, 0.25) is 0 Å². The first kappa shape index (κ1) is 21.9. The van der Waals surface area contributed by atoms with Gasteiger partial charge in [0.25, 0.3) is 0 Å². The second-order valence-electron chi connectivity index (χ2n) is 8.92. The third-order valence-electron chi connectivity index (χ3n) is 6.80. The Labute approximate surface area is 209 Å². The maximum atomic E-state index is 6.36. The molecule has 36 heavy (non-hydrogen) atoms. The quantitative estimate of drug-likeness (QED) is 0.240. The fourth-order valence-electron chi connectivity index (χ4n) is 5.11. The standard InChI is InChI=1S/C34H26O2/c1-4-6-7-13-23(5-2)32(25-14-9-8-12-22(25)3)24-17-19-30-28(21-24)33-31(35-30)20-18-27-26-15-10-11-16-29(26)36-34(27)33/h4,6-21H,1,3,5H2,2H3/b7-6-,23-13+,32-25+. The highest BCUT2D eigenvalue weighted by Gasteiger charge is 2.17. The summed E-state index contributed by atoms with van der Waals surface area (Å²) in [7, 11) is 0. The molecule has 0 aliphatic heterocycles. The van der Waals surface area contributed by atoms with E-state index in [4.69, 9.17) is 8.83 Å². The van der Waals surface area contributed by atoms with Crippen LogP contribution in [0.25, 0.3) is 56.0 Å². The molecule has 0 N–H and O–H groups in total. The van der Waals surface area contributed by atoms with E-state index in [9.17, 15) is 0 Å². The monoisotopic (exact) mass is 466 g/mol. The van der Waals surface area contributed by atoms with Gasteiger partial charge in [0.15, 0.2) is 0 Å². The summed E-state index contributed by atoms with van der Waals surface area (Å²) >= 11 is 0. The molecule has 0 saturated heterocycles. The van der Waals surface area contributed by atoms with Gasteiger partial charge < -0.3 is 8.83 Å². The van der Waals surface area contributed by atoms with Crippen molar-refractivity contribution in [2.24, 2.45) is 0 Å². The Morgan fingerprint density at radius 1 is 0.778 bits per heavy atom. The molecule has 0 atom stereocenters. The van der Waals surface area contributed by atoms with E-state index in [1.54, 1.807) is 6.08 Å². The van der Waals surface area contributed by atoms with Crippen molar-refractivity contribution in [3.63, 3.8) is 0 Å². The first-order valence-corrected chi connectivity index (χ1v) is 12.2. The molecule has 0 amide bonds. The number of hydrogen-bond donors (Lipinski definition) is 0. The highest BCUT2D eigenvalue weighted by atomic mass is 16.3. The topological polar surface area (TPSA) is 26.3 Å². The lowest BCUT2D eigenvalue weighted by molar-refractivity contribution is 0.663. The summed E-state index contributed by atoms with van der Waals surface area (Å²) in [5.74, 6) is 0. The van der Waals surface area contributed by atoms with E-state index >= 15 is 0 Å². The van der Waals surface area contributed by atoms with Crippen molar-refractivity contribution in [1.82, 2.24) is 0 Å². The van der Waals surface area contributed by atoms with Crippen LogP contribution in [0.5, 0.6) is 0 Å². The molecule has 0 radical (unpaired) electrons. The zero-order valence-electron chi connectivity index (χ0n) is 20.3. The zero-order chi connectivity index (χ0) is 24.6. The predicted octanol–water partition coefficient (Wildman–Crippen LogP) is 8.17. The predicted molar refractivity (Wildman–Crippen MR) is 152 cm³/mol. The number of allylic oxidation sites excluding steroid dienone is 5. The normalized spacial score (nSPS) is 13.4. The van der Waals surface area contributed by atoms with Crippen molar-refractivity contribution in [2.45, 2.75) is 13.3 Å². The lowest BCUT2D eigenvalue weighted by Crippen LogP contribution is -2.26. The van der Waals surface area contributed by atoms with E-state index in [0.29, 0.717) is 0 Å². The Balaban J connectivity index is 1.70. The molecule has 0 aliphatic rings. The number of fused-ring (bicyclic) bond motifs is 7. The van der Waals surface area contributed by atoms with Gasteiger partial charge in [-0.2, -0.15) is 0 Å². The number of furan rings is 2. The fourth-order valence-corrected chi connectivity index (χ4v) is 5.11. The van der Waals surface area contributed by atoms with E-state index in [0.717, 1.165) is 66.3 Å². The second-order valence-corrected chi connectivity index (χ2v) is 8.92. The SMILES string of the molecule is C=C\C=C/C=C(CC)/C(c1ccc2oc3ccc4c5ccccc5oc4c3c2c1)=c1/ccccc1=C. The highest BCUT2D eigenvalue weighted by Crippen LogP contribution is 2.40. The van der Waals surface area contributed by atoms with Crippen molar-refractivity contribution in [3.05, 3.63) is 131 Å². The maximum absolute atomic E-state index is 6.36. The summed E-state index contributed by atoms with van der Waals surface area (Å²) in [6.45, 7) is 10.3. The van der Waals surface area contributed by atoms with E-state index in [2.05, 4.69) is 74.7 Å². The first-order chi connectivity index (χ1) is 17.7. The molecule has 2 heteroatoms. The third-order valence-corrected chi connectivity index (χ3v) is 6.80. The zero-order valence-corrected chi connectivity index (χ0v) is 20.3. The largest absolute Gasteiger partial charge is 0.456 e. The van der Waals surface area contributed by atoms with Gasteiger partial charge in [-0.15, -0.1) is 0 Å². The van der Waals surface area contributed by atoms with Crippen LogP contribution in [0.3, 0.4) is 0 Å². The Kier molecular flexibility index (Phi) is 5.42. The van der Waals surface area contributed by atoms with Crippen LogP contribution in [0.4, 0.5) is 0 Å². The van der Waals surface area contributed by atoms with Gasteiger partial charge in [0, 0.05) is 16.2 Å². The van der Waals surface area contributed by atoms with Crippen LogP contribution < -0.4 is 10.4 Å². The number of benzene rings is 4. The summed E-state index contributed by atoms with van der Waals surface area (Å²) in [6, 6.07) is 27.1. The van der Waals surface area contributed by atoms with Crippen molar-refractivity contribution < 1.29 is 8.83 Å². The molecule has 2 aromatic heterocycles. The van der Waals surface area contributed by atoms with E-state index < -0.39 is 0 Å². The molecule has 0 spiro atoms. The molecule has 0 saturated carbocycles. The van der Waals surface area contributed by atoms with Gasteiger partial charge in [-0.25, -0.2) is 0 Å².